The number of urea groups is 1. The smallest absolute Gasteiger partial charge is 0.323 e. The van der Waals surface area contributed by atoms with Gasteiger partial charge in [0.2, 0.25) is 0 Å². The van der Waals surface area contributed by atoms with Gasteiger partial charge in [-0.1, -0.05) is 12.1 Å². The highest BCUT2D eigenvalue weighted by atomic mass is 16.5. The highest BCUT2D eigenvalue weighted by molar-refractivity contribution is 5.87. The number of amides is 2. The van der Waals surface area contributed by atoms with Crippen molar-refractivity contribution in [3.63, 3.8) is 0 Å². The number of hydrogen-bond acceptors (Lipinski definition) is 5. The number of piperidine rings is 1. The predicted molar refractivity (Wildman–Crippen MR) is 96.4 cm³/mol. The molecule has 1 fully saturated rings. The molecule has 2 aromatic rings. The summed E-state index contributed by atoms with van der Waals surface area (Å²) in [4.78, 5) is 18.5. The van der Waals surface area contributed by atoms with Crippen molar-refractivity contribution in [2.24, 2.45) is 0 Å². The number of hydrogen-bond donors (Lipinski definition) is 2. The molecular formula is C18H24N4O3. The molecule has 0 saturated carbocycles. The van der Waals surface area contributed by atoms with E-state index in [4.69, 9.17) is 9.15 Å². The van der Waals surface area contributed by atoms with E-state index >= 15 is 0 Å². The standard InChI is InChI=1S/C18H24N4O3/c1-12-13(2)25-18(19-12)21-17(23)20-14-8-10-22(11-9-14)15-6-4-5-7-16(15)24-3/h4-7,14H,8-11H2,1-3H3,(H2,19,20,21,23). The lowest BCUT2D eigenvalue weighted by molar-refractivity contribution is 0.245. The second-order valence-electron chi connectivity index (χ2n) is 6.19. The Morgan fingerprint density at radius 3 is 2.64 bits per heavy atom. The first-order valence-corrected chi connectivity index (χ1v) is 8.46. The Hall–Kier alpha value is -2.70. The summed E-state index contributed by atoms with van der Waals surface area (Å²) < 4.78 is 10.8. The van der Waals surface area contributed by atoms with Crippen molar-refractivity contribution in [2.75, 3.05) is 30.4 Å². The van der Waals surface area contributed by atoms with Gasteiger partial charge in [-0.05, 0) is 38.8 Å². The van der Waals surface area contributed by atoms with Crippen LogP contribution in [0, 0.1) is 13.8 Å². The maximum Gasteiger partial charge on any atom is 0.323 e. The number of aryl methyl sites for hydroxylation is 2. The molecule has 7 heteroatoms. The molecule has 0 radical (unpaired) electrons. The summed E-state index contributed by atoms with van der Waals surface area (Å²) in [5, 5.41) is 5.64. The number of rotatable bonds is 4. The molecule has 2 N–H and O–H groups in total. The number of benzene rings is 1. The SMILES string of the molecule is COc1ccccc1N1CCC(NC(=O)Nc2nc(C)c(C)o2)CC1. The van der Waals surface area contributed by atoms with Crippen molar-refractivity contribution in [3.8, 4) is 5.75 Å². The number of para-hydroxylation sites is 2. The molecule has 1 aliphatic heterocycles. The van der Waals surface area contributed by atoms with Gasteiger partial charge in [0, 0.05) is 19.1 Å². The van der Waals surface area contributed by atoms with Crippen molar-refractivity contribution in [3.05, 3.63) is 35.7 Å². The molecule has 2 amide bonds. The Morgan fingerprint density at radius 1 is 1.28 bits per heavy atom. The number of aromatic nitrogens is 1. The summed E-state index contributed by atoms with van der Waals surface area (Å²) in [7, 11) is 1.68. The highest BCUT2D eigenvalue weighted by Crippen LogP contribution is 2.29. The molecule has 7 nitrogen and oxygen atoms in total. The van der Waals surface area contributed by atoms with Gasteiger partial charge in [-0.2, -0.15) is 4.98 Å². The Morgan fingerprint density at radius 2 is 2.00 bits per heavy atom. The van der Waals surface area contributed by atoms with E-state index < -0.39 is 0 Å². The number of oxazole rings is 1. The molecule has 1 aromatic heterocycles. The maximum absolute atomic E-state index is 12.1. The summed E-state index contributed by atoms with van der Waals surface area (Å²) >= 11 is 0. The highest BCUT2D eigenvalue weighted by Gasteiger charge is 2.23. The minimum atomic E-state index is -0.281. The molecule has 1 saturated heterocycles. The number of anilines is 2. The summed E-state index contributed by atoms with van der Waals surface area (Å²) in [5.41, 5.74) is 1.87. The topological polar surface area (TPSA) is 79.6 Å². The minimum Gasteiger partial charge on any atom is -0.495 e. The van der Waals surface area contributed by atoms with Crippen LogP contribution in [0.15, 0.2) is 28.7 Å². The van der Waals surface area contributed by atoms with E-state index in [0.29, 0.717) is 5.76 Å². The molecule has 1 aromatic carbocycles. The van der Waals surface area contributed by atoms with Crippen LogP contribution in [-0.2, 0) is 0 Å². The van der Waals surface area contributed by atoms with Crippen LogP contribution < -0.4 is 20.3 Å². The second-order valence-corrected chi connectivity index (χ2v) is 6.19. The van der Waals surface area contributed by atoms with Crippen LogP contribution in [0.25, 0.3) is 0 Å². The van der Waals surface area contributed by atoms with E-state index in [1.54, 1.807) is 7.11 Å². The Balaban J connectivity index is 1.51. The van der Waals surface area contributed by atoms with Gasteiger partial charge < -0.3 is 19.4 Å². The lowest BCUT2D eigenvalue weighted by Crippen LogP contribution is -2.46. The monoisotopic (exact) mass is 344 g/mol. The number of methoxy groups -OCH3 is 1. The van der Waals surface area contributed by atoms with E-state index in [1.165, 1.54) is 0 Å². The van der Waals surface area contributed by atoms with Crippen molar-refractivity contribution in [1.82, 2.24) is 10.3 Å². The third-order valence-corrected chi connectivity index (χ3v) is 4.51. The molecule has 25 heavy (non-hydrogen) atoms. The van der Waals surface area contributed by atoms with Gasteiger partial charge in [-0.3, -0.25) is 5.32 Å². The van der Waals surface area contributed by atoms with Gasteiger partial charge in [-0.15, -0.1) is 0 Å². The van der Waals surface area contributed by atoms with Gasteiger partial charge in [0.1, 0.15) is 11.5 Å². The molecule has 134 valence electrons. The van der Waals surface area contributed by atoms with Crippen molar-refractivity contribution < 1.29 is 13.9 Å². The molecule has 0 spiro atoms. The van der Waals surface area contributed by atoms with E-state index in [0.717, 1.165) is 43.1 Å². The van der Waals surface area contributed by atoms with Crippen LogP contribution in [0.5, 0.6) is 5.75 Å². The van der Waals surface area contributed by atoms with Gasteiger partial charge in [0.25, 0.3) is 0 Å². The zero-order valence-electron chi connectivity index (χ0n) is 14.8. The van der Waals surface area contributed by atoms with E-state index in [2.05, 4.69) is 26.6 Å². The molecule has 0 bridgehead atoms. The zero-order valence-corrected chi connectivity index (χ0v) is 14.8. The lowest BCUT2D eigenvalue weighted by Gasteiger charge is -2.34. The molecule has 0 atom stereocenters. The second kappa shape index (κ2) is 7.46. The first-order chi connectivity index (χ1) is 12.1. The predicted octanol–water partition coefficient (Wildman–Crippen LogP) is 3.09. The van der Waals surface area contributed by atoms with Crippen LogP contribution in [0.2, 0.25) is 0 Å². The number of nitrogens with one attached hydrogen (secondary N) is 2. The van der Waals surface area contributed by atoms with Crippen LogP contribution in [-0.4, -0.2) is 37.3 Å². The fourth-order valence-corrected chi connectivity index (χ4v) is 3.00. The Labute approximate surface area is 147 Å². The van der Waals surface area contributed by atoms with E-state index in [9.17, 15) is 4.79 Å². The number of nitrogens with zero attached hydrogens (tertiary/aromatic N) is 2. The van der Waals surface area contributed by atoms with Crippen LogP contribution >= 0.6 is 0 Å². The number of carbonyl (C=O) groups excluding carboxylic acids is 1. The molecule has 2 heterocycles. The number of carbonyl (C=O) groups is 1. The van der Waals surface area contributed by atoms with Crippen LogP contribution in [0.1, 0.15) is 24.3 Å². The molecule has 1 aliphatic rings. The first-order valence-electron chi connectivity index (χ1n) is 8.46. The Bertz CT molecular complexity index is 716. The lowest BCUT2D eigenvalue weighted by atomic mass is 10.0. The van der Waals surface area contributed by atoms with Gasteiger partial charge in [0.05, 0.1) is 18.5 Å². The van der Waals surface area contributed by atoms with Crippen LogP contribution in [0.3, 0.4) is 0 Å². The Kier molecular flexibility index (Phi) is 5.11. The van der Waals surface area contributed by atoms with Gasteiger partial charge >= 0.3 is 12.0 Å². The normalized spacial score (nSPS) is 15.1. The summed E-state index contributed by atoms with van der Waals surface area (Å²) in [6.07, 6.45) is 1.74. The van der Waals surface area contributed by atoms with Crippen molar-refractivity contribution in [2.45, 2.75) is 32.7 Å². The molecular weight excluding hydrogens is 320 g/mol. The van der Waals surface area contributed by atoms with Gasteiger partial charge in [0.15, 0.2) is 0 Å². The quantitative estimate of drug-likeness (QED) is 0.891. The van der Waals surface area contributed by atoms with Gasteiger partial charge in [-0.25, -0.2) is 4.79 Å². The molecule has 0 unspecified atom stereocenters. The van der Waals surface area contributed by atoms with Crippen molar-refractivity contribution >= 4 is 17.7 Å². The molecule has 3 rings (SSSR count). The van der Waals surface area contributed by atoms with E-state index in [1.807, 2.05) is 32.0 Å². The fraction of sp³-hybridized carbons (Fsp3) is 0.444. The summed E-state index contributed by atoms with van der Waals surface area (Å²) in [6, 6.07) is 8.09. The van der Waals surface area contributed by atoms with Crippen molar-refractivity contribution in [1.29, 1.82) is 0 Å². The van der Waals surface area contributed by atoms with E-state index in [-0.39, 0.29) is 18.1 Å². The summed E-state index contributed by atoms with van der Waals surface area (Å²) in [6.45, 7) is 5.39. The largest absolute Gasteiger partial charge is 0.495 e. The van der Waals surface area contributed by atoms with Crippen LogP contribution in [0.4, 0.5) is 16.5 Å². The molecule has 0 aliphatic carbocycles. The number of ether oxygens (including phenoxy) is 1. The first kappa shape index (κ1) is 17.1. The summed E-state index contributed by atoms with van der Waals surface area (Å²) in [5.74, 6) is 1.58. The third kappa shape index (κ3) is 4.04. The third-order valence-electron chi connectivity index (χ3n) is 4.51. The fourth-order valence-electron chi connectivity index (χ4n) is 3.00. The maximum atomic E-state index is 12.1. The average Bonchev–Trinajstić information content (AvgIpc) is 2.92. The minimum absolute atomic E-state index is 0.128. The average molecular weight is 344 g/mol. The zero-order chi connectivity index (χ0) is 17.8.